The third-order valence-corrected chi connectivity index (χ3v) is 4.56. The molecule has 0 fully saturated rings. The van der Waals surface area contributed by atoms with E-state index in [4.69, 9.17) is 21.1 Å². The molecule has 2 rings (SSSR count). The van der Waals surface area contributed by atoms with Crippen molar-refractivity contribution in [1.29, 1.82) is 0 Å². The summed E-state index contributed by atoms with van der Waals surface area (Å²) in [6.07, 6.45) is 0. The number of carbonyl (C=O) groups is 2. The lowest BCUT2D eigenvalue weighted by atomic mass is 9.90. The highest BCUT2D eigenvalue weighted by Crippen LogP contribution is 2.30. The molecule has 0 aliphatic heterocycles. The molecule has 0 aliphatic rings. The molecule has 0 heterocycles. The number of halogens is 1. The van der Waals surface area contributed by atoms with Gasteiger partial charge in [0.2, 0.25) is 11.8 Å². The maximum absolute atomic E-state index is 12.7. The standard InChI is InChI=1S/C20H23ClN2O4/c1-20(2,18(24)22-12-13-7-5-6-8-15(13)21)19(25)23-16-10-9-14(26-3)11-17(16)27-4/h5-11H,12H2,1-4H3,(H,22,24)(H,23,25). The van der Waals surface area contributed by atoms with Gasteiger partial charge in [0.25, 0.3) is 0 Å². The van der Waals surface area contributed by atoms with Crippen LogP contribution < -0.4 is 20.1 Å². The first-order chi connectivity index (χ1) is 12.8. The maximum atomic E-state index is 12.7. The van der Waals surface area contributed by atoms with Crippen molar-refractivity contribution in [3.63, 3.8) is 0 Å². The molecule has 0 atom stereocenters. The molecule has 27 heavy (non-hydrogen) atoms. The Morgan fingerprint density at radius 3 is 2.37 bits per heavy atom. The molecular weight excluding hydrogens is 368 g/mol. The fourth-order valence-corrected chi connectivity index (χ4v) is 2.52. The molecule has 2 N–H and O–H groups in total. The summed E-state index contributed by atoms with van der Waals surface area (Å²) in [6.45, 7) is 3.35. The molecule has 0 saturated heterocycles. The highest BCUT2D eigenvalue weighted by Gasteiger charge is 2.36. The van der Waals surface area contributed by atoms with Gasteiger partial charge in [0.15, 0.2) is 0 Å². The molecule has 2 amide bonds. The van der Waals surface area contributed by atoms with Crippen LogP contribution in [-0.2, 0) is 16.1 Å². The number of carbonyl (C=O) groups excluding carboxylic acids is 2. The molecule has 0 aromatic heterocycles. The van der Waals surface area contributed by atoms with E-state index in [-0.39, 0.29) is 6.54 Å². The zero-order valence-corrected chi connectivity index (χ0v) is 16.5. The Kier molecular flexibility index (Phi) is 6.69. The lowest BCUT2D eigenvalue weighted by Gasteiger charge is -2.23. The van der Waals surface area contributed by atoms with Crippen LogP contribution in [0.5, 0.6) is 11.5 Å². The molecule has 0 bridgehead atoms. The Morgan fingerprint density at radius 2 is 1.74 bits per heavy atom. The van der Waals surface area contributed by atoms with Crippen LogP contribution in [0.25, 0.3) is 0 Å². The van der Waals surface area contributed by atoms with Crippen LogP contribution in [0.1, 0.15) is 19.4 Å². The number of hydrogen-bond donors (Lipinski definition) is 2. The molecular formula is C20H23ClN2O4. The molecule has 6 nitrogen and oxygen atoms in total. The summed E-state index contributed by atoms with van der Waals surface area (Å²) in [5.74, 6) is 0.173. The van der Waals surface area contributed by atoms with Gasteiger partial charge < -0.3 is 20.1 Å². The first kappa shape index (κ1) is 20.6. The number of hydrogen-bond acceptors (Lipinski definition) is 4. The number of methoxy groups -OCH3 is 2. The minimum Gasteiger partial charge on any atom is -0.497 e. The van der Waals surface area contributed by atoms with E-state index in [1.807, 2.05) is 18.2 Å². The molecule has 0 saturated carbocycles. The van der Waals surface area contributed by atoms with Crippen molar-refractivity contribution < 1.29 is 19.1 Å². The second-order valence-electron chi connectivity index (χ2n) is 6.42. The lowest BCUT2D eigenvalue weighted by Crippen LogP contribution is -2.44. The van der Waals surface area contributed by atoms with Gasteiger partial charge in [-0.2, -0.15) is 0 Å². The van der Waals surface area contributed by atoms with Crippen LogP contribution in [0.4, 0.5) is 5.69 Å². The van der Waals surface area contributed by atoms with Gasteiger partial charge in [-0.3, -0.25) is 9.59 Å². The smallest absolute Gasteiger partial charge is 0.239 e. The highest BCUT2D eigenvalue weighted by molar-refractivity contribution is 6.31. The fourth-order valence-electron chi connectivity index (χ4n) is 2.32. The van der Waals surface area contributed by atoms with Crippen LogP contribution >= 0.6 is 11.6 Å². The van der Waals surface area contributed by atoms with E-state index in [1.165, 1.54) is 7.11 Å². The molecule has 0 aliphatic carbocycles. The van der Waals surface area contributed by atoms with Crippen molar-refractivity contribution in [3.05, 3.63) is 53.1 Å². The third kappa shape index (κ3) is 4.92. The van der Waals surface area contributed by atoms with Crippen LogP contribution in [0.3, 0.4) is 0 Å². The number of anilines is 1. The first-order valence-electron chi connectivity index (χ1n) is 8.34. The fraction of sp³-hybridized carbons (Fsp3) is 0.300. The summed E-state index contributed by atoms with van der Waals surface area (Å²) in [5.41, 5.74) is -0.0672. The van der Waals surface area contributed by atoms with E-state index in [9.17, 15) is 9.59 Å². The van der Waals surface area contributed by atoms with Crippen LogP contribution in [-0.4, -0.2) is 26.0 Å². The largest absolute Gasteiger partial charge is 0.497 e. The molecule has 0 radical (unpaired) electrons. The average molecular weight is 391 g/mol. The summed E-state index contributed by atoms with van der Waals surface area (Å²) in [5, 5.41) is 6.05. The number of benzene rings is 2. The summed E-state index contributed by atoms with van der Waals surface area (Å²) < 4.78 is 10.4. The Bertz CT molecular complexity index is 836. The molecule has 7 heteroatoms. The minimum atomic E-state index is -1.30. The monoisotopic (exact) mass is 390 g/mol. The van der Waals surface area contributed by atoms with Crippen molar-refractivity contribution in [3.8, 4) is 11.5 Å². The summed E-state index contributed by atoms with van der Waals surface area (Å²) >= 11 is 6.10. The number of nitrogens with one attached hydrogen (secondary N) is 2. The number of amides is 2. The minimum absolute atomic E-state index is 0.237. The van der Waals surface area contributed by atoms with Crippen molar-refractivity contribution >= 4 is 29.1 Å². The van der Waals surface area contributed by atoms with E-state index in [2.05, 4.69) is 10.6 Å². The quantitative estimate of drug-likeness (QED) is 0.707. The summed E-state index contributed by atoms with van der Waals surface area (Å²) in [4.78, 5) is 25.3. The summed E-state index contributed by atoms with van der Waals surface area (Å²) in [7, 11) is 3.03. The SMILES string of the molecule is COc1ccc(NC(=O)C(C)(C)C(=O)NCc2ccccc2Cl)c(OC)c1. The molecule has 2 aromatic rings. The summed E-state index contributed by atoms with van der Waals surface area (Å²) in [6, 6.07) is 12.2. The predicted octanol–water partition coefficient (Wildman–Crippen LogP) is 3.64. The average Bonchev–Trinajstić information content (AvgIpc) is 2.67. The van der Waals surface area contributed by atoms with E-state index in [0.717, 1.165) is 5.56 Å². The third-order valence-electron chi connectivity index (χ3n) is 4.19. The van der Waals surface area contributed by atoms with Crippen LogP contribution in [0.2, 0.25) is 5.02 Å². The number of ether oxygens (including phenoxy) is 2. The van der Waals surface area contributed by atoms with Crippen LogP contribution in [0.15, 0.2) is 42.5 Å². The highest BCUT2D eigenvalue weighted by atomic mass is 35.5. The molecule has 144 valence electrons. The van der Waals surface area contributed by atoms with Gasteiger partial charge in [0, 0.05) is 17.6 Å². The van der Waals surface area contributed by atoms with Gasteiger partial charge in [0.05, 0.1) is 19.9 Å². The van der Waals surface area contributed by atoms with Gasteiger partial charge >= 0.3 is 0 Å². The van der Waals surface area contributed by atoms with E-state index >= 15 is 0 Å². The maximum Gasteiger partial charge on any atom is 0.239 e. The lowest BCUT2D eigenvalue weighted by molar-refractivity contribution is -0.138. The van der Waals surface area contributed by atoms with Crippen LogP contribution in [0, 0.1) is 5.41 Å². The zero-order valence-electron chi connectivity index (χ0n) is 15.8. The van der Waals surface area contributed by atoms with Gasteiger partial charge in [-0.1, -0.05) is 29.8 Å². The van der Waals surface area contributed by atoms with Gasteiger partial charge in [-0.05, 0) is 37.6 Å². The Hall–Kier alpha value is -2.73. The van der Waals surface area contributed by atoms with E-state index in [1.54, 1.807) is 45.2 Å². The molecule has 0 spiro atoms. The predicted molar refractivity (Wildman–Crippen MR) is 105 cm³/mol. The second-order valence-corrected chi connectivity index (χ2v) is 6.83. The second kappa shape index (κ2) is 8.77. The zero-order chi connectivity index (χ0) is 20.0. The van der Waals surface area contributed by atoms with Crippen molar-refractivity contribution in [2.45, 2.75) is 20.4 Å². The normalized spacial score (nSPS) is 10.9. The topological polar surface area (TPSA) is 76.7 Å². The molecule has 0 unspecified atom stereocenters. The van der Waals surface area contributed by atoms with Gasteiger partial charge in [-0.15, -0.1) is 0 Å². The van der Waals surface area contributed by atoms with Crippen molar-refractivity contribution in [2.75, 3.05) is 19.5 Å². The Balaban J connectivity index is 2.07. The van der Waals surface area contributed by atoms with Gasteiger partial charge in [-0.25, -0.2) is 0 Å². The van der Waals surface area contributed by atoms with Crippen molar-refractivity contribution in [1.82, 2.24) is 5.32 Å². The first-order valence-corrected chi connectivity index (χ1v) is 8.72. The Morgan fingerprint density at radius 1 is 1.04 bits per heavy atom. The number of rotatable bonds is 7. The van der Waals surface area contributed by atoms with E-state index in [0.29, 0.717) is 22.2 Å². The van der Waals surface area contributed by atoms with Gasteiger partial charge in [0.1, 0.15) is 16.9 Å². The van der Waals surface area contributed by atoms with E-state index < -0.39 is 17.2 Å². The Labute approximate surface area is 163 Å². The van der Waals surface area contributed by atoms with Crippen molar-refractivity contribution in [2.24, 2.45) is 5.41 Å². The molecule has 2 aromatic carbocycles.